The lowest BCUT2D eigenvalue weighted by Crippen LogP contribution is -2.16. The van der Waals surface area contributed by atoms with Crippen molar-refractivity contribution in [3.05, 3.63) is 66.1 Å². The van der Waals surface area contributed by atoms with E-state index in [1.54, 1.807) is 18.2 Å². The topological polar surface area (TPSA) is 103 Å². The first kappa shape index (κ1) is 20.1. The first-order valence-corrected chi connectivity index (χ1v) is 8.75. The van der Waals surface area contributed by atoms with E-state index in [1.165, 1.54) is 25.6 Å². The zero-order valence-corrected chi connectivity index (χ0v) is 15.8. The lowest BCUT2D eigenvalue weighted by atomic mass is 10.1. The van der Waals surface area contributed by atoms with Crippen LogP contribution >= 0.6 is 0 Å². The number of alkyl halides is 3. The highest BCUT2D eigenvalue weighted by molar-refractivity contribution is 6.06. The van der Waals surface area contributed by atoms with Gasteiger partial charge in [-0.15, -0.1) is 10.2 Å². The molecule has 0 unspecified atom stereocenters. The zero-order chi connectivity index (χ0) is 22.0. The summed E-state index contributed by atoms with van der Waals surface area (Å²) in [6, 6.07) is 8.96. The van der Waals surface area contributed by atoms with E-state index < -0.39 is 17.6 Å². The van der Waals surface area contributed by atoms with E-state index in [4.69, 9.17) is 13.6 Å². The average molecular weight is 430 g/mol. The van der Waals surface area contributed by atoms with E-state index in [9.17, 15) is 18.0 Å². The molecule has 0 aliphatic carbocycles. The highest BCUT2D eigenvalue weighted by atomic mass is 19.4. The Morgan fingerprint density at radius 1 is 1.10 bits per heavy atom. The molecule has 3 aromatic heterocycles. The number of halogens is 3. The molecule has 158 valence electrons. The van der Waals surface area contributed by atoms with Gasteiger partial charge < -0.3 is 18.9 Å². The quantitative estimate of drug-likeness (QED) is 0.491. The number of nitrogens with one attached hydrogen (secondary N) is 1. The number of furan rings is 1. The summed E-state index contributed by atoms with van der Waals surface area (Å²) in [6.07, 6.45) is -1.77. The first-order chi connectivity index (χ1) is 14.8. The predicted molar refractivity (Wildman–Crippen MR) is 101 cm³/mol. The minimum absolute atomic E-state index is 0.0124. The van der Waals surface area contributed by atoms with Gasteiger partial charge in [-0.3, -0.25) is 4.79 Å². The van der Waals surface area contributed by atoms with Gasteiger partial charge in [-0.05, 0) is 42.5 Å². The number of methoxy groups -OCH3 is 1. The maximum absolute atomic E-state index is 13.0. The third-order valence-corrected chi connectivity index (χ3v) is 4.18. The number of nitrogens with zero attached hydrogens (tertiary/aromatic N) is 3. The van der Waals surface area contributed by atoms with Crippen molar-refractivity contribution in [2.75, 3.05) is 12.4 Å². The van der Waals surface area contributed by atoms with Crippen LogP contribution in [0.1, 0.15) is 15.9 Å². The van der Waals surface area contributed by atoms with E-state index in [-0.39, 0.29) is 28.9 Å². The summed E-state index contributed by atoms with van der Waals surface area (Å²) in [4.78, 5) is 16.6. The standard InChI is InChI=1S/C20H13F3N4O4/c1-29-14-5-4-12(20(21,22)23)10-13(14)17(28)25-16-9-11(6-7-24-16)18-26-27-19(31-18)15-3-2-8-30-15/h2-10H,1H3,(H,24,25,28). The van der Waals surface area contributed by atoms with Crippen molar-refractivity contribution >= 4 is 11.7 Å². The molecular weight excluding hydrogens is 417 g/mol. The molecular formula is C20H13F3N4O4. The molecule has 1 N–H and O–H groups in total. The van der Waals surface area contributed by atoms with Crippen LogP contribution in [0.3, 0.4) is 0 Å². The molecule has 0 aliphatic rings. The Bertz CT molecular complexity index is 1220. The summed E-state index contributed by atoms with van der Waals surface area (Å²) in [5.41, 5.74) is -0.828. The van der Waals surface area contributed by atoms with Crippen LogP contribution in [0.5, 0.6) is 5.75 Å². The summed E-state index contributed by atoms with van der Waals surface area (Å²) in [6.45, 7) is 0. The number of aromatic nitrogens is 3. The monoisotopic (exact) mass is 430 g/mol. The second-order valence-corrected chi connectivity index (χ2v) is 6.19. The van der Waals surface area contributed by atoms with E-state index in [2.05, 4.69) is 20.5 Å². The molecule has 4 rings (SSSR count). The number of pyridine rings is 1. The van der Waals surface area contributed by atoms with Crippen LogP contribution in [0.25, 0.3) is 23.1 Å². The van der Waals surface area contributed by atoms with Crippen LogP contribution in [0, 0.1) is 0 Å². The predicted octanol–water partition coefficient (Wildman–Crippen LogP) is 4.67. The van der Waals surface area contributed by atoms with Gasteiger partial charge >= 0.3 is 6.18 Å². The molecule has 31 heavy (non-hydrogen) atoms. The maximum atomic E-state index is 13.0. The Morgan fingerprint density at radius 2 is 1.90 bits per heavy atom. The van der Waals surface area contributed by atoms with Crippen molar-refractivity contribution in [3.8, 4) is 28.9 Å². The SMILES string of the molecule is COc1ccc(C(F)(F)F)cc1C(=O)Nc1cc(-c2nnc(-c3ccco3)o2)ccn1. The molecule has 4 aromatic rings. The smallest absolute Gasteiger partial charge is 0.416 e. The summed E-state index contributed by atoms with van der Waals surface area (Å²) in [5.74, 6) is -0.0780. The molecule has 0 radical (unpaired) electrons. The lowest BCUT2D eigenvalue weighted by molar-refractivity contribution is -0.137. The number of carbonyl (C=O) groups is 1. The molecule has 0 saturated carbocycles. The number of amides is 1. The lowest BCUT2D eigenvalue weighted by Gasteiger charge is -2.12. The number of ether oxygens (including phenoxy) is 1. The molecule has 0 atom stereocenters. The highest BCUT2D eigenvalue weighted by Crippen LogP contribution is 2.33. The summed E-state index contributed by atoms with van der Waals surface area (Å²) >= 11 is 0. The van der Waals surface area contributed by atoms with Gasteiger partial charge in [0.05, 0.1) is 24.5 Å². The van der Waals surface area contributed by atoms with Crippen molar-refractivity contribution in [1.29, 1.82) is 0 Å². The fourth-order valence-corrected chi connectivity index (χ4v) is 2.72. The van der Waals surface area contributed by atoms with Crippen molar-refractivity contribution in [2.24, 2.45) is 0 Å². The second-order valence-electron chi connectivity index (χ2n) is 6.19. The normalized spacial score (nSPS) is 11.4. The van der Waals surface area contributed by atoms with Crippen molar-refractivity contribution < 1.29 is 31.5 Å². The number of carbonyl (C=O) groups excluding carboxylic acids is 1. The fourth-order valence-electron chi connectivity index (χ4n) is 2.72. The minimum Gasteiger partial charge on any atom is -0.496 e. The van der Waals surface area contributed by atoms with E-state index >= 15 is 0 Å². The summed E-state index contributed by atoms with van der Waals surface area (Å²) < 4.78 is 54.8. The van der Waals surface area contributed by atoms with Gasteiger partial charge in [0.1, 0.15) is 11.6 Å². The first-order valence-electron chi connectivity index (χ1n) is 8.75. The fraction of sp³-hybridized carbons (Fsp3) is 0.100. The van der Waals surface area contributed by atoms with Crippen LogP contribution in [0.15, 0.2) is 63.8 Å². The Hall–Kier alpha value is -4.15. The zero-order valence-electron chi connectivity index (χ0n) is 15.8. The van der Waals surface area contributed by atoms with E-state index in [0.717, 1.165) is 12.1 Å². The van der Waals surface area contributed by atoms with Gasteiger partial charge in [0.2, 0.25) is 5.89 Å². The molecule has 8 nitrogen and oxygen atoms in total. The third-order valence-electron chi connectivity index (χ3n) is 4.18. The number of benzene rings is 1. The van der Waals surface area contributed by atoms with Gasteiger partial charge in [-0.1, -0.05) is 0 Å². The maximum Gasteiger partial charge on any atom is 0.416 e. The van der Waals surface area contributed by atoms with Crippen molar-refractivity contribution in [3.63, 3.8) is 0 Å². The molecule has 0 spiro atoms. The minimum atomic E-state index is -4.61. The highest BCUT2D eigenvalue weighted by Gasteiger charge is 2.32. The van der Waals surface area contributed by atoms with Crippen molar-refractivity contribution in [1.82, 2.24) is 15.2 Å². The van der Waals surface area contributed by atoms with Crippen LogP contribution < -0.4 is 10.1 Å². The van der Waals surface area contributed by atoms with Crippen LogP contribution in [0.2, 0.25) is 0 Å². The Balaban J connectivity index is 1.59. The second kappa shape index (κ2) is 7.94. The average Bonchev–Trinajstić information content (AvgIpc) is 3.44. The van der Waals surface area contributed by atoms with Crippen LogP contribution in [-0.4, -0.2) is 28.2 Å². The molecule has 0 fully saturated rings. The molecule has 0 bridgehead atoms. The molecule has 11 heteroatoms. The molecule has 3 heterocycles. The van der Waals surface area contributed by atoms with E-state index in [1.807, 2.05) is 0 Å². The van der Waals surface area contributed by atoms with Crippen LogP contribution in [0.4, 0.5) is 19.0 Å². The van der Waals surface area contributed by atoms with Gasteiger partial charge in [-0.25, -0.2) is 4.98 Å². The number of rotatable bonds is 5. The Labute approximate surface area is 172 Å². The van der Waals surface area contributed by atoms with E-state index in [0.29, 0.717) is 17.4 Å². The third kappa shape index (κ3) is 4.25. The van der Waals surface area contributed by atoms with Gasteiger partial charge in [-0.2, -0.15) is 13.2 Å². The number of hydrogen-bond acceptors (Lipinski definition) is 7. The van der Waals surface area contributed by atoms with Crippen LogP contribution in [-0.2, 0) is 6.18 Å². The number of anilines is 1. The molecule has 0 saturated heterocycles. The molecule has 1 aromatic carbocycles. The summed E-state index contributed by atoms with van der Waals surface area (Å²) in [7, 11) is 1.25. The van der Waals surface area contributed by atoms with Gasteiger partial charge in [0.25, 0.3) is 11.8 Å². The largest absolute Gasteiger partial charge is 0.496 e. The number of hydrogen-bond donors (Lipinski definition) is 1. The van der Waals surface area contributed by atoms with Gasteiger partial charge in [0, 0.05) is 11.8 Å². The van der Waals surface area contributed by atoms with Crippen molar-refractivity contribution in [2.45, 2.75) is 6.18 Å². The molecule has 0 aliphatic heterocycles. The van der Waals surface area contributed by atoms with Gasteiger partial charge in [0.15, 0.2) is 5.76 Å². The Kier molecular flexibility index (Phi) is 5.15. The Morgan fingerprint density at radius 3 is 2.61 bits per heavy atom. The molecule has 1 amide bonds. The summed E-state index contributed by atoms with van der Waals surface area (Å²) in [5, 5.41) is 10.3.